The number of hydrogen-bond acceptors (Lipinski definition) is 7. The second-order valence-electron chi connectivity index (χ2n) is 7.38. The van der Waals surface area contributed by atoms with Gasteiger partial charge in [0.25, 0.3) is 5.91 Å². The van der Waals surface area contributed by atoms with E-state index in [1.165, 1.54) is 11.3 Å². The van der Waals surface area contributed by atoms with E-state index in [1.807, 2.05) is 41.4 Å². The Balaban J connectivity index is 1.41. The second kappa shape index (κ2) is 7.20. The number of thiazole rings is 1. The van der Waals surface area contributed by atoms with Crippen LogP contribution >= 0.6 is 11.3 Å². The van der Waals surface area contributed by atoms with Crippen LogP contribution in [0.2, 0.25) is 0 Å². The van der Waals surface area contributed by atoms with Crippen LogP contribution in [0.15, 0.2) is 42.7 Å². The summed E-state index contributed by atoms with van der Waals surface area (Å²) in [7, 11) is 0. The molecule has 1 saturated heterocycles. The average molecular weight is 407 g/mol. The highest BCUT2D eigenvalue weighted by molar-refractivity contribution is 7.17. The maximum absolute atomic E-state index is 12.7. The van der Waals surface area contributed by atoms with E-state index in [4.69, 9.17) is 15.5 Å². The number of fused-ring (bicyclic) bond motifs is 2. The standard InChI is InChI=1S/C21H21N5O2S/c22-20-24-13-16(29-20)19(27)26-9-7-21(8-10-26)17-15(6-11-28-21)12-23-18(25-17)14-4-2-1-3-5-14/h1-5,12-13H,6-11H2,(H2,22,24). The highest BCUT2D eigenvalue weighted by atomic mass is 32.1. The number of amides is 1. The monoisotopic (exact) mass is 407 g/mol. The van der Waals surface area contributed by atoms with E-state index in [-0.39, 0.29) is 5.91 Å². The van der Waals surface area contributed by atoms with Crippen LogP contribution in [-0.4, -0.2) is 45.5 Å². The molecule has 1 aromatic carbocycles. The third kappa shape index (κ3) is 3.28. The van der Waals surface area contributed by atoms with Crippen LogP contribution in [0.4, 0.5) is 5.13 Å². The molecule has 1 amide bonds. The van der Waals surface area contributed by atoms with Gasteiger partial charge in [-0.25, -0.2) is 15.0 Å². The Hall–Kier alpha value is -2.84. The van der Waals surface area contributed by atoms with Gasteiger partial charge in [0.1, 0.15) is 10.5 Å². The number of likely N-dealkylation sites (tertiary alicyclic amines) is 1. The molecule has 2 N–H and O–H groups in total. The van der Waals surface area contributed by atoms with Gasteiger partial charge < -0.3 is 15.4 Å². The molecule has 2 aliphatic rings. The van der Waals surface area contributed by atoms with Gasteiger partial charge in [-0.1, -0.05) is 41.7 Å². The van der Waals surface area contributed by atoms with E-state index in [0.717, 1.165) is 23.2 Å². The number of hydrogen-bond donors (Lipinski definition) is 1. The first-order valence-electron chi connectivity index (χ1n) is 9.71. The molecule has 0 aliphatic carbocycles. The van der Waals surface area contributed by atoms with Gasteiger partial charge in [0.2, 0.25) is 0 Å². The number of nitrogen functional groups attached to an aromatic ring is 1. The van der Waals surface area contributed by atoms with Crippen molar-refractivity contribution in [1.29, 1.82) is 0 Å². The summed E-state index contributed by atoms with van der Waals surface area (Å²) in [5.74, 6) is 0.700. The van der Waals surface area contributed by atoms with Gasteiger partial charge >= 0.3 is 0 Å². The van der Waals surface area contributed by atoms with E-state index in [1.54, 1.807) is 6.20 Å². The van der Waals surface area contributed by atoms with Crippen molar-refractivity contribution in [3.05, 3.63) is 58.9 Å². The molecule has 4 heterocycles. The predicted octanol–water partition coefficient (Wildman–Crippen LogP) is 2.89. The fraction of sp³-hybridized carbons (Fsp3) is 0.333. The van der Waals surface area contributed by atoms with E-state index in [9.17, 15) is 4.79 Å². The van der Waals surface area contributed by atoms with Crippen molar-refractivity contribution in [3.8, 4) is 11.4 Å². The largest absolute Gasteiger partial charge is 0.375 e. The number of nitrogens with two attached hydrogens (primary N) is 1. The van der Waals surface area contributed by atoms with Gasteiger partial charge in [-0.3, -0.25) is 4.79 Å². The molecule has 0 atom stereocenters. The van der Waals surface area contributed by atoms with Gasteiger partial charge in [0, 0.05) is 24.8 Å². The highest BCUT2D eigenvalue weighted by Gasteiger charge is 2.43. The van der Waals surface area contributed by atoms with Gasteiger partial charge in [-0.05, 0) is 24.8 Å². The molecule has 0 radical (unpaired) electrons. The lowest BCUT2D eigenvalue weighted by Crippen LogP contribution is -2.48. The maximum atomic E-state index is 12.7. The summed E-state index contributed by atoms with van der Waals surface area (Å²) < 4.78 is 6.30. The number of aromatic nitrogens is 3. The molecule has 1 spiro atoms. The first kappa shape index (κ1) is 18.2. The lowest BCUT2D eigenvalue weighted by Gasteiger charge is -2.44. The Morgan fingerprint density at radius 2 is 1.93 bits per heavy atom. The summed E-state index contributed by atoms with van der Waals surface area (Å²) in [6.07, 6.45) is 5.73. The van der Waals surface area contributed by atoms with Crippen molar-refractivity contribution in [3.63, 3.8) is 0 Å². The van der Waals surface area contributed by atoms with Crippen LogP contribution in [0.5, 0.6) is 0 Å². The molecule has 8 heteroatoms. The summed E-state index contributed by atoms with van der Waals surface area (Å²) in [4.78, 5) is 28.7. The Labute approximate surface area is 172 Å². The summed E-state index contributed by atoms with van der Waals surface area (Å²) in [6.45, 7) is 1.88. The average Bonchev–Trinajstić information content (AvgIpc) is 3.21. The molecule has 3 aromatic rings. The van der Waals surface area contributed by atoms with Crippen LogP contribution in [0, 0.1) is 0 Å². The minimum atomic E-state index is -0.455. The van der Waals surface area contributed by atoms with Gasteiger partial charge in [0.15, 0.2) is 11.0 Å². The summed E-state index contributed by atoms with van der Waals surface area (Å²) in [5, 5.41) is 0.413. The lowest BCUT2D eigenvalue weighted by atomic mass is 9.83. The van der Waals surface area contributed by atoms with E-state index < -0.39 is 5.60 Å². The lowest BCUT2D eigenvalue weighted by molar-refractivity contribution is -0.0966. The fourth-order valence-electron chi connectivity index (χ4n) is 4.13. The number of nitrogens with zero attached hydrogens (tertiary/aromatic N) is 4. The van der Waals surface area contributed by atoms with Crippen LogP contribution in [0.25, 0.3) is 11.4 Å². The minimum Gasteiger partial charge on any atom is -0.375 e. The quantitative estimate of drug-likeness (QED) is 0.702. The normalized spacial score (nSPS) is 17.9. The van der Waals surface area contributed by atoms with Crippen LogP contribution in [-0.2, 0) is 16.8 Å². The molecule has 2 aliphatic heterocycles. The molecule has 29 heavy (non-hydrogen) atoms. The van der Waals surface area contributed by atoms with Crippen LogP contribution < -0.4 is 5.73 Å². The van der Waals surface area contributed by atoms with Crippen molar-refractivity contribution >= 4 is 22.4 Å². The first-order valence-corrected chi connectivity index (χ1v) is 10.5. The molecule has 1 fully saturated rings. The predicted molar refractivity (Wildman–Crippen MR) is 110 cm³/mol. The second-order valence-corrected chi connectivity index (χ2v) is 8.44. The first-order chi connectivity index (χ1) is 14.1. The summed E-state index contributed by atoms with van der Waals surface area (Å²) in [5.41, 5.74) is 8.34. The molecule has 2 aromatic heterocycles. The third-order valence-corrected chi connectivity index (χ3v) is 6.49. The molecule has 148 valence electrons. The maximum Gasteiger partial charge on any atom is 0.265 e. The van der Waals surface area contributed by atoms with Gasteiger partial charge in [0.05, 0.1) is 18.5 Å². The molecule has 0 saturated carbocycles. The minimum absolute atomic E-state index is 0.0160. The highest BCUT2D eigenvalue weighted by Crippen LogP contribution is 2.41. The molecular formula is C21H21N5O2S. The van der Waals surface area contributed by atoms with E-state index in [2.05, 4.69) is 9.97 Å². The Bertz CT molecular complexity index is 1040. The van der Waals surface area contributed by atoms with E-state index in [0.29, 0.717) is 48.4 Å². The Morgan fingerprint density at radius 3 is 2.66 bits per heavy atom. The van der Waals surface area contributed by atoms with Crippen molar-refractivity contribution in [2.45, 2.75) is 24.9 Å². The molecule has 7 nitrogen and oxygen atoms in total. The zero-order valence-electron chi connectivity index (χ0n) is 15.9. The van der Waals surface area contributed by atoms with Crippen LogP contribution in [0.3, 0.4) is 0 Å². The topological polar surface area (TPSA) is 94.2 Å². The number of carbonyl (C=O) groups is 1. The number of benzene rings is 1. The zero-order chi connectivity index (χ0) is 19.8. The molecule has 5 rings (SSSR count). The van der Waals surface area contributed by atoms with Crippen molar-refractivity contribution in [1.82, 2.24) is 19.9 Å². The van der Waals surface area contributed by atoms with Crippen molar-refractivity contribution < 1.29 is 9.53 Å². The number of anilines is 1. The number of carbonyl (C=O) groups excluding carboxylic acids is 1. The SMILES string of the molecule is Nc1ncc(C(=O)N2CCC3(CC2)OCCc2cnc(-c4ccccc4)nc23)s1. The van der Waals surface area contributed by atoms with E-state index >= 15 is 0 Å². The van der Waals surface area contributed by atoms with Gasteiger partial charge in [-0.15, -0.1) is 0 Å². The smallest absolute Gasteiger partial charge is 0.265 e. The molecule has 0 unspecified atom stereocenters. The number of piperidine rings is 1. The zero-order valence-corrected chi connectivity index (χ0v) is 16.7. The van der Waals surface area contributed by atoms with Gasteiger partial charge in [-0.2, -0.15) is 0 Å². The number of rotatable bonds is 2. The molecule has 0 bridgehead atoms. The summed E-state index contributed by atoms with van der Waals surface area (Å²) in [6, 6.07) is 9.98. The fourth-order valence-corrected chi connectivity index (χ4v) is 4.78. The summed E-state index contributed by atoms with van der Waals surface area (Å²) >= 11 is 1.23. The Morgan fingerprint density at radius 1 is 1.14 bits per heavy atom. The Kier molecular flexibility index (Phi) is 4.52. The van der Waals surface area contributed by atoms with Crippen molar-refractivity contribution in [2.75, 3.05) is 25.4 Å². The molecular weight excluding hydrogens is 386 g/mol. The third-order valence-electron chi connectivity index (χ3n) is 5.67. The van der Waals surface area contributed by atoms with Crippen LogP contribution in [0.1, 0.15) is 33.8 Å². The van der Waals surface area contributed by atoms with Crippen molar-refractivity contribution in [2.24, 2.45) is 0 Å². The number of ether oxygens (including phenoxy) is 1.